The van der Waals surface area contributed by atoms with Gasteiger partial charge in [0.1, 0.15) is 0 Å². The number of benzene rings is 8. The summed E-state index contributed by atoms with van der Waals surface area (Å²) in [5.74, 6) is 0. The molecule has 0 saturated carbocycles. The highest BCUT2D eigenvalue weighted by Gasteiger charge is 2.40. The van der Waals surface area contributed by atoms with E-state index >= 15 is 0 Å². The molecular formula is C51H38N2. The van der Waals surface area contributed by atoms with E-state index in [1.807, 2.05) is 0 Å². The molecule has 10 rings (SSSR count). The molecule has 252 valence electrons. The molecular weight excluding hydrogens is 641 g/mol. The summed E-state index contributed by atoms with van der Waals surface area (Å²) in [6.07, 6.45) is 0. The molecule has 0 spiro atoms. The summed E-state index contributed by atoms with van der Waals surface area (Å²) in [5, 5.41) is 2.51. The molecule has 0 atom stereocenters. The van der Waals surface area contributed by atoms with Crippen LogP contribution in [0.1, 0.15) is 25.0 Å². The third kappa shape index (κ3) is 4.94. The maximum Gasteiger partial charge on any atom is 0.0750 e. The quantitative estimate of drug-likeness (QED) is 0.170. The molecule has 0 amide bonds. The first-order valence-electron chi connectivity index (χ1n) is 18.4. The van der Waals surface area contributed by atoms with Gasteiger partial charge in [0.15, 0.2) is 0 Å². The van der Waals surface area contributed by atoms with Crippen molar-refractivity contribution in [2.24, 2.45) is 0 Å². The maximum atomic E-state index is 2.54. The lowest BCUT2D eigenvalue weighted by atomic mass is 9.81. The van der Waals surface area contributed by atoms with Crippen LogP contribution in [-0.4, -0.2) is 4.57 Å². The zero-order chi connectivity index (χ0) is 35.5. The van der Waals surface area contributed by atoms with Crippen LogP contribution < -0.4 is 4.90 Å². The number of fused-ring (bicyclic) bond motifs is 6. The van der Waals surface area contributed by atoms with Crippen LogP contribution >= 0.6 is 0 Å². The number of nitrogens with zero attached hydrogens (tertiary/aromatic N) is 2. The third-order valence-electron chi connectivity index (χ3n) is 11.2. The van der Waals surface area contributed by atoms with Gasteiger partial charge in [0.25, 0.3) is 0 Å². The summed E-state index contributed by atoms with van der Waals surface area (Å²) in [6.45, 7) is 4.79. The molecule has 9 aromatic rings. The number of rotatable bonds is 6. The van der Waals surface area contributed by atoms with Gasteiger partial charge < -0.3 is 9.47 Å². The minimum atomic E-state index is -0.246. The normalized spacial score (nSPS) is 12.9. The first-order chi connectivity index (χ1) is 26.1. The predicted octanol–water partition coefficient (Wildman–Crippen LogP) is 13.9. The lowest BCUT2D eigenvalue weighted by Gasteiger charge is -2.33. The number of anilines is 3. The van der Waals surface area contributed by atoms with E-state index in [1.165, 1.54) is 72.0 Å². The summed E-state index contributed by atoms with van der Waals surface area (Å²) >= 11 is 0. The number of hydrogen-bond acceptors (Lipinski definition) is 1. The number of hydrogen-bond donors (Lipinski definition) is 0. The van der Waals surface area contributed by atoms with Crippen LogP contribution in [0, 0.1) is 0 Å². The fraction of sp³-hybridized carbons (Fsp3) is 0.0588. The molecule has 53 heavy (non-hydrogen) atoms. The van der Waals surface area contributed by atoms with Crippen LogP contribution in [0.15, 0.2) is 194 Å². The highest BCUT2D eigenvalue weighted by molar-refractivity contribution is 6.10. The second-order valence-corrected chi connectivity index (χ2v) is 14.6. The molecule has 8 aromatic carbocycles. The zero-order valence-corrected chi connectivity index (χ0v) is 29.9. The summed E-state index contributed by atoms with van der Waals surface area (Å²) < 4.78 is 2.54. The maximum absolute atomic E-state index is 2.54. The molecule has 0 radical (unpaired) electrons. The molecule has 0 bridgehead atoms. The predicted molar refractivity (Wildman–Crippen MR) is 224 cm³/mol. The summed E-state index contributed by atoms with van der Waals surface area (Å²) in [6, 6.07) is 70.8. The SMILES string of the molecule is CC1(C)c2ccccc2-c2ccc(N(c3ccc(-c4ccccc4)cc3)c3ccc(-c4ccccc4)cc3)c(-n3c4ccccc4c4ccccc43)c21. The first kappa shape index (κ1) is 31.1. The van der Waals surface area contributed by atoms with Crippen molar-refractivity contribution in [2.75, 3.05) is 4.90 Å². The largest absolute Gasteiger partial charge is 0.308 e. The van der Waals surface area contributed by atoms with Crippen LogP contribution in [0.3, 0.4) is 0 Å². The first-order valence-corrected chi connectivity index (χ1v) is 18.4. The lowest BCUT2D eigenvalue weighted by molar-refractivity contribution is 0.656. The second-order valence-electron chi connectivity index (χ2n) is 14.6. The van der Waals surface area contributed by atoms with Gasteiger partial charge in [-0.1, -0.05) is 166 Å². The van der Waals surface area contributed by atoms with Crippen molar-refractivity contribution >= 4 is 38.9 Å². The Morgan fingerprint density at radius 3 is 1.40 bits per heavy atom. The fourth-order valence-electron chi connectivity index (χ4n) is 8.70. The van der Waals surface area contributed by atoms with E-state index < -0.39 is 0 Å². The fourth-order valence-corrected chi connectivity index (χ4v) is 8.70. The van der Waals surface area contributed by atoms with Gasteiger partial charge in [-0.3, -0.25) is 0 Å². The van der Waals surface area contributed by atoms with Crippen LogP contribution in [0.5, 0.6) is 0 Å². The van der Waals surface area contributed by atoms with E-state index in [2.05, 4.69) is 217 Å². The molecule has 0 saturated heterocycles. The van der Waals surface area contributed by atoms with Crippen molar-refractivity contribution in [1.29, 1.82) is 0 Å². The molecule has 0 N–H and O–H groups in total. The van der Waals surface area contributed by atoms with Crippen molar-refractivity contribution < 1.29 is 0 Å². The molecule has 2 heteroatoms. The standard InChI is InChI=1S/C51H38N2/c1-51(2)45-22-12-9-19-41(45)44-33-34-48(50(49(44)51)53-46-23-13-10-20-42(46)43-21-11-14-24-47(43)53)52(39-29-25-37(26-30-39)35-15-5-3-6-16-35)40-31-27-38(28-32-40)36-17-7-4-8-18-36/h3-34H,1-2H3. The smallest absolute Gasteiger partial charge is 0.0750 e. The van der Waals surface area contributed by atoms with Gasteiger partial charge in [0.05, 0.1) is 22.4 Å². The van der Waals surface area contributed by atoms with Gasteiger partial charge in [0, 0.05) is 27.6 Å². The Morgan fingerprint density at radius 1 is 0.396 bits per heavy atom. The van der Waals surface area contributed by atoms with Gasteiger partial charge in [0.2, 0.25) is 0 Å². The Balaban J connectivity index is 1.28. The molecule has 1 aromatic heterocycles. The Bertz CT molecular complexity index is 2640. The average Bonchev–Trinajstić information content (AvgIpc) is 3.68. The topological polar surface area (TPSA) is 8.17 Å². The zero-order valence-electron chi connectivity index (χ0n) is 29.9. The van der Waals surface area contributed by atoms with Crippen LogP contribution in [0.25, 0.3) is 60.9 Å². The van der Waals surface area contributed by atoms with Gasteiger partial charge in [-0.15, -0.1) is 0 Å². The van der Waals surface area contributed by atoms with Crippen LogP contribution in [0.4, 0.5) is 17.1 Å². The highest BCUT2D eigenvalue weighted by Crippen LogP contribution is 2.55. The molecule has 1 aliphatic rings. The summed E-state index contributed by atoms with van der Waals surface area (Å²) in [5.41, 5.74) is 16.8. The van der Waals surface area contributed by atoms with E-state index in [4.69, 9.17) is 0 Å². The van der Waals surface area contributed by atoms with Gasteiger partial charge in [-0.25, -0.2) is 0 Å². The van der Waals surface area contributed by atoms with Crippen LogP contribution in [-0.2, 0) is 5.41 Å². The van der Waals surface area contributed by atoms with E-state index in [1.54, 1.807) is 0 Å². The molecule has 0 unspecified atom stereocenters. The van der Waals surface area contributed by atoms with E-state index in [9.17, 15) is 0 Å². The van der Waals surface area contributed by atoms with Crippen molar-refractivity contribution in [2.45, 2.75) is 19.3 Å². The van der Waals surface area contributed by atoms with Crippen molar-refractivity contribution in [3.05, 3.63) is 205 Å². The lowest BCUT2D eigenvalue weighted by Crippen LogP contribution is -2.21. The van der Waals surface area contributed by atoms with E-state index in [0.29, 0.717) is 0 Å². The number of para-hydroxylation sites is 2. The molecule has 2 nitrogen and oxygen atoms in total. The van der Waals surface area contributed by atoms with E-state index in [0.717, 1.165) is 17.1 Å². The van der Waals surface area contributed by atoms with Crippen LogP contribution in [0.2, 0.25) is 0 Å². The van der Waals surface area contributed by atoms with E-state index in [-0.39, 0.29) is 5.41 Å². The Labute approximate surface area is 310 Å². The number of aromatic nitrogens is 1. The van der Waals surface area contributed by atoms with Crippen molar-refractivity contribution in [3.63, 3.8) is 0 Å². The molecule has 1 heterocycles. The average molecular weight is 679 g/mol. The second kappa shape index (κ2) is 12.3. The van der Waals surface area contributed by atoms with Gasteiger partial charge >= 0.3 is 0 Å². The minimum Gasteiger partial charge on any atom is -0.308 e. The molecule has 1 aliphatic carbocycles. The van der Waals surface area contributed by atoms with Gasteiger partial charge in [-0.05, 0) is 87.0 Å². The van der Waals surface area contributed by atoms with Crippen molar-refractivity contribution in [1.82, 2.24) is 4.57 Å². The minimum absolute atomic E-state index is 0.246. The monoisotopic (exact) mass is 678 g/mol. The Hall–Kier alpha value is -6.64. The third-order valence-corrected chi connectivity index (χ3v) is 11.2. The molecule has 0 aliphatic heterocycles. The summed E-state index contributed by atoms with van der Waals surface area (Å²) in [7, 11) is 0. The highest BCUT2D eigenvalue weighted by atomic mass is 15.2. The summed E-state index contributed by atoms with van der Waals surface area (Å²) in [4.78, 5) is 2.46. The van der Waals surface area contributed by atoms with Gasteiger partial charge in [-0.2, -0.15) is 0 Å². The van der Waals surface area contributed by atoms with Crippen molar-refractivity contribution in [3.8, 4) is 39.1 Å². The molecule has 0 fully saturated rings. The Morgan fingerprint density at radius 2 is 0.849 bits per heavy atom. The Kier molecular flexibility index (Phi) is 7.19.